The minimum atomic E-state index is -0.203. The second-order valence-corrected chi connectivity index (χ2v) is 7.88. The van der Waals surface area contributed by atoms with E-state index in [0.29, 0.717) is 5.56 Å². The van der Waals surface area contributed by atoms with Gasteiger partial charge in [0.05, 0.1) is 11.3 Å². The summed E-state index contributed by atoms with van der Waals surface area (Å²) in [6, 6.07) is 5.18. The minimum Gasteiger partial charge on any atom is -0.307 e. The number of hydrogen-bond acceptors (Lipinski definition) is 4. The van der Waals surface area contributed by atoms with Crippen molar-refractivity contribution in [1.82, 2.24) is 10.3 Å². The molecule has 0 atom stereocenters. The summed E-state index contributed by atoms with van der Waals surface area (Å²) in [4.78, 5) is 6.67. The van der Waals surface area contributed by atoms with Crippen molar-refractivity contribution in [2.45, 2.75) is 44.7 Å². The van der Waals surface area contributed by atoms with Crippen molar-refractivity contribution >= 4 is 23.1 Å². The summed E-state index contributed by atoms with van der Waals surface area (Å²) in [6.07, 6.45) is 1.96. The molecule has 21 heavy (non-hydrogen) atoms. The van der Waals surface area contributed by atoms with Gasteiger partial charge in [-0.25, -0.2) is 9.37 Å². The van der Waals surface area contributed by atoms with Gasteiger partial charge in [0.1, 0.15) is 10.8 Å². The molecule has 0 bridgehead atoms. The quantitative estimate of drug-likeness (QED) is 0.812. The number of rotatable bonds is 4. The average molecular weight is 324 g/mol. The highest BCUT2D eigenvalue weighted by atomic mass is 32.2. The number of halogens is 1. The summed E-state index contributed by atoms with van der Waals surface area (Å²) in [5, 5.41) is 4.22. The lowest BCUT2D eigenvalue weighted by molar-refractivity contribution is 0.425. The highest BCUT2D eigenvalue weighted by Gasteiger charge is 2.17. The van der Waals surface area contributed by atoms with Crippen molar-refractivity contribution in [2.75, 3.05) is 6.26 Å². The zero-order valence-electron chi connectivity index (χ0n) is 13.1. The van der Waals surface area contributed by atoms with E-state index in [0.717, 1.165) is 27.0 Å². The predicted molar refractivity (Wildman–Crippen MR) is 90.6 cm³/mol. The number of thiazole rings is 1. The first-order chi connectivity index (χ1) is 9.81. The smallest absolute Gasteiger partial charge is 0.134 e. The van der Waals surface area contributed by atoms with Gasteiger partial charge in [-0.2, -0.15) is 0 Å². The lowest BCUT2D eigenvalue weighted by atomic mass is 10.1. The summed E-state index contributed by atoms with van der Waals surface area (Å²) in [7, 11) is 0. The molecule has 1 N–H and O–H groups in total. The zero-order valence-corrected chi connectivity index (χ0v) is 14.7. The summed E-state index contributed by atoms with van der Waals surface area (Å²) in [6.45, 7) is 9.14. The topological polar surface area (TPSA) is 24.9 Å². The van der Waals surface area contributed by atoms with E-state index in [4.69, 9.17) is 0 Å². The van der Waals surface area contributed by atoms with E-state index in [1.54, 1.807) is 29.2 Å². The molecule has 1 heterocycles. The van der Waals surface area contributed by atoms with Crippen molar-refractivity contribution in [3.8, 4) is 10.6 Å². The van der Waals surface area contributed by atoms with Crippen molar-refractivity contribution < 1.29 is 4.39 Å². The first-order valence-electron chi connectivity index (χ1n) is 6.86. The van der Waals surface area contributed by atoms with Gasteiger partial charge in [-0.3, -0.25) is 0 Å². The Kier molecular flexibility index (Phi) is 5.07. The molecule has 2 rings (SSSR count). The van der Waals surface area contributed by atoms with Crippen LogP contribution >= 0.6 is 23.1 Å². The van der Waals surface area contributed by atoms with Crippen LogP contribution in [-0.2, 0) is 6.54 Å². The maximum absolute atomic E-state index is 14.2. The molecule has 0 aliphatic carbocycles. The fraction of sp³-hybridized carbons (Fsp3) is 0.438. The van der Waals surface area contributed by atoms with E-state index >= 15 is 0 Å². The minimum absolute atomic E-state index is 0.0546. The highest BCUT2D eigenvalue weighted by molar-refractivity contribution is 7.98. The molecule has 5 heteroatoms. The zero-order chi connectivity index (χ0) is 15.6. The molecule has 0 fully saturated rings. The van der Waals surface area contributed by atoms with Crippen LogP contribution in [0.3, 0.4) is 0 Å². The molecule has 0 spiro atoms. The van der Waals surface area contributed by atoms with Crippen LogP contribution in [0, 0.1) is 12.7 Å². The standard InChI is InChI=1S/C16H21FN2S2/c1-10-13(9-18-16(2,3)4)21-15(19-10)14-11(17)7-6-8-12(14)20-5/h6-8,18H,9H2,1-5H3. The SMILES string of the molecule is CSc1cccc(F)c1-c1nc(C)c(CNC(C)(C)C)s1. The third-order valence-electron chi connectivity index (χ3n) is 3.08. The molecule has 1 aromatic heterocycles. The van der Waals surface area contributed by atoms with E-state index in [-0.39, 0.29) is 11.4 Å². The Bertz CT molecular complexity index is 630. The third-order valence-corrected chi connectivity index (χ3v) is 5.04. The van der Waals surface area contributed by atoms with Gasteiger partial charge in [0.25, 0.3) is 0 Å². The third kappa shape index (κ3) is 4.05. The van der Waals surface area contributed by atoms with Crippen molar-refractivity contribution in [1.29, 1.82) is 0 Å². The fourth-order valence-corrected chi connectivity index (χ4v) is 3.67. The molecule has 0 aliphatic heterocycles. The van der Waals surface area contributed by atoms with E-state index in [2.05, 4.69) is 31.1 Å². The Hall–Kier alpha value is -0.910. The summed E-state index contributed by atoms with van der Waals surface area (Å²) in [5.74, 6) is -0.203. The molecule has 114 valence electrons. The van der Waals surface area contributed by atoms with Crippen LogP contribution in [-0.4, -0.2) is 16.8 Å². The van der Waals surface area contributed by atoms with Gasteiger partial charge < -0.3 is 5.32 Å². The lowest BCUT2D eigenvalue weighted by Crippen LogP contribution is -2.34. The molecular weight excluding hydrogens is 303 g/mol. The number of nitrogens with zero attached hydrogens (tertiary/aromatic N) is 1. The Morgan fingerprint density at radius 1 is 1.33 bits per heavy atom. The average Bonchev–Trinajstić information content (AvgIpc) is 2.76. The monoisotopic (exact) mass is 324 g/mol. The van der Waals surface area contributed by atoms with Gasteiger partial charge >= 0.3 is 0 Å². The number of aryl methyl sites for hydroxylation is 1. The van der Waals surface area contributed by atoms with Crippen LogP contribution in [0.5, 0.6) is 0 Å². The van der Waals surface area contributed by atoms with E-state index in [1.807, 2.05) is 19.2 Å². The largest absolute Gasteiger partial charge is 0.307 e. The molecule has 0 radical (unpaired) electrons. The van der Waals surface area contributed by atoms with Crippen molar-refractivity contribution in [3.63, 3.8) is 0 Å². The fourth-order valence-electron chi connectivity index (χ4n) is 1.93. The Labute approximate surface area is 134 Å². The van der Waals surface area contributed by atoms with Crippen LogP contribution in [0.1, 0.15) is 31.3 Å². The van der Waals surface area contributed by atoms with Gasteiger partial charge in [0.15, 0.2) is 0 Å². The predicted octanol–water partition coefficient (Wildman–Crippen LogP) is 4.87. The maximum Gasteiger partial charge on any atom is 0.134 e. The number of nitrogens with one attached hydrogen (secondary N) is 1. The van der Waals surface area contributed by atoms with E-state index in [9.17, 15) is 4.39 Å². The molecular formula is C16H21FN2S2. The van der Waals surface area contributed by atoms with E-state index in [1.165, 1.54) is 6.07 Å². The maximum atomic E-state index is 14.2. The molecule has 0 saturated heterocycles. The number of thioether (sulfide) groups is 1. The van der Waals surface area contributed by atoms with Gasteiger partial charge in [-0.1, -0.05) is 6.07 Å². The molecule has 0 unspecified atom stereocenters. The molecule has 0 saturated carbocycles. The Morgan fingerprint density at radius 2 is 2.05 bits per heavy atom. The van der Waals surface area contributed by atoms with Crippen molar-refractivity contribution in [3.05, 3.63) is 34.6 Å². The first kappa shape index (κ1) is 16.5. The Balaban J connectivity index is 2.35. The molecule has 0 aliphatic rings. The van der Waals surface area contributed by atoms with Crippen LogP contribution in [0.4, 0.5) is 4.39 Å². The summed E-state index contributed by atoms with van der Waals surface area (Å²) in [5.41, 5.74) is 1.65. The number of hydrogen-bond donors (Lipinski definition) is 1. The first-order valence-corrected chi connectivity index (χ1v) is 8.90. The Morgan fingerprint density at radius 3 is 2.67 bits per heavy atom. The highest BCUT2D eigenvalue weighted by Crippen LogP contribution is 2.36. The van der Waals surface area contributed by atoms with Crippen LogP contribution in [0.25, 0.3) is 10.6 Å². The van der Waals surface area contributed by atoms with Crippen molar-refractivity contribution in [2.24, 2.45) is 0 Å². The van der Waals surface area contributed by atoms with Gasteiger partial charge in [0.2, 0.25) is 0 Å². The number of aromatic nitrogens is 1. The van der Waals surface area contributed by atoms with Crippen LogP contribution in [0.2, 0.25) is 0 Å². The second-order valence-electron chi connectivity index (χ2n) is 5.95. The number of benzene rings is 1. The summed E-state index contributed by atoms with van der Waals surface area (Å²) < 4.78 is 14.2. The van der Waals surface area contributed by atoms with E-state index < -0.39 is 0 Å². The molecule has 1 aromatic carbocycles. The van der Waals surface area contributed by atoms with Gasteiger partial charge in [0, 0.05) is 21.9 Å². The summed E-state index contributed by atoms with van der Waals surface area (Å²) >= 11 is 3.12. The van der Waals surface area contributed by atoms with Gasteiger partial charge in [-0.05, 0) is 46.1 Å². The molecule has 0 amide bonds. The normalized spacial score (nSPS) is 11.9. The van der Waals surface area contributed by atoms with Crippen LogP contribution in [0.15, 0.2) is 23.1 Å². The van der Waals surface area contributed by atoms with Gasteiger partial charge in [-0.15, -0.1) is 23.1 Å². The molecule has 2 aromatic rings. The van der Waals surface area contributed by atoms with Crippen LogP contribution < -0.4 is 5.32 Å². The second kappa shape index (κ2) is 6.46. The molecule has 2 nitrogen and oxygen atoms in total. The lowest BCUT2D eigenvalue weighted by Gasteiger charge is -2.19.